The Bertz CT molecular complexity index is 775. The second-order valence-corrected chi connectivity index (χ2v) is 7.32. The van der Waals surface area contributed by atoms with E-state index in [1.54, 1.807) is 27.8 Å². The van der Waals surface area contributed by atoms with E-state index in [0.29, 0.717) is 0 Å². The van der Waals surface area contributed by atoms with Gasteiger partial charge in [0.15, 0.2) is 22.9 Å². The number of halogens is 5. The van der Waals surface area contributed by atoms with E-state index in [0.717, 1.165) is 0 Å². The second kappa shape index (κ2) is 8.57. The van der Waals surface area contributed by atoms with Gasteiger partial charge in [-0.2, -0.15) is 8.78 Å². The highest BCUT2D eigenvalue weighted by Gasteiger charge is 2.44. The molecule has 0 aliphatic carbocycles. The Balaban J connectivity index is 2.25. The number of hydrogen-bond donors (Lipinski definition) is 2. The molecule has 156 valence electrons. The summed E-state index contributed by atoms with van der Waals surface area (Å²) in [6, 6.07) is 0. The summed E-state index contributed by atoms with van der Waals surface area (Å²) < 4.78 is 61.8. The maximum Gasteiger partial charge on any atom is 0.247 e. The van der Waals surface area contributed by atoms with Gasteiger partial charge >= 0.3 is 0 Å². The molecular formula is C18H22ClF4N3O2. The van der Waals surface area contributed by atoms with E-state index in [1.165, 1.54) is 11.2 Å². The van der Waals surface area contributed by atoms with Gasteiger partial charge in [-0.15, -0.1) is 0 Å². The second-order valence-electron chi connectivity index (χ2n) is 6.91. The number of hydrazine groups is 1. The molecule has 1 amide bonds. The molecule has 0 aromatic heterocycles. The third-order valence-corrected chi connectivity index (χ3v) is 4.72. The van der Waals surface area contributed by atoms with Crippen LogP contribution in [0.3, 0.4) is 0 Å². The third kappa shape index (κ3) is 4.05. The Hall–Kier alpha value is -2.00. The standard InChI is InChI=1S/C18H22ClF4N3O2/c1-5-18(11(19)7-26(4)25-18)17(27)24-6-10-12(20)14(22)16(15(23)13(10)21)28-8-9(2)3/h7,9,25H,5-6,8H2,1-4H3,(H,24,27). The van der Waals surface area contributed by atoms with Crippen molar-refractivity contribution in [1.29, 1.82) is 0 Å². The molecule has 2 rings (SSSR count). The number of carbonyl (C=O) groups is 1. The molecule has 1 aliphatic heterocycles. The molecule has 0 bridgehead atoms. The summed E-state index contributed by atoms with van der Waals surface area (Å²) >= 11 is 6.11. The summed E-state index contributed by atoms with van der Waals surface area (Å²) in [5.74, 6) is -8.46. The lowest BCUT2D eigenvalue weighted by Crippen LogP contribution is -2.56. The first kappa shape index (κ1) is 22.3. The number of nitrogens with one attached hydrogen (secondary N) is 2. The SMILES string of the molecule is CCC1(C(=O)NCc2c(F)c(F)c(OCC(C)C)c(F)c2F)NN(C)C=C1Cl. The lowest BCUT2D eigenvalue weighted by molar-refractivity contribution is -0.127. The molecule has 0 spiro atoms. The number of ether oxygens (including phenoxy) is 1. The topological polar surface area (TPSA) is 53.6 Å². The largest absolute Gasteiger partial charge is 0.487 e. The van der Waals surface area contributed by atoms with Crippen molar-refractivity contribution in [2.24, 2.45) is 5.92 Å². The summed E-state index contributed by atoms with van der Waals surface area (Å²) in [7, 11) is 1.62. The number of nitrogens with zero attached hydrogens (tertiary/aromatic N) is 1. The highest BCUT2D eigenvalue weighted by Crippen LogP contribution is 2.32. The molecule has 1 atom stereocenters. The highest BCUT2D eigenvalue weighted by molar-refractivity contribution is 6.33. The molecule has 0 saturated carbocycles. The molecule has 0 saturated heterocycles. The van der Waals surface area contributed by atoms with Crippen LogP contribution in [0.4, 0.5) is 17.6 Å². The number of amides is 1. The fraction of sp³-hybridized carbons (Fsp3) is 0.500. The van der Waals surface area contributed by atoms with Crippen LogP contribution in [0, 0.1) is 29.2 Å². The first-order valence-electron chi connectivity index (χ1n) is 8.69. The van der Waals surface area contributed by atoms with Crippen LogP contribution in [-0.2, 0) is 11.3 Å². The zero-order valence-electron chi connectivity index (χ0n) is 15.9. The van der Waals surface area contributed by atoms with E-state index in [2.05, 4.69) is 10.7 Å². The Morgan fingerprint density at radius 2 is 1.82 bits per heavy atom. The number of carbonyl (C=O) groups excluding carboxylic acids is 1. The van der Waals surface area contributed by atoms with E-state index in [4.69, 9.17) is 16.3 Å². The number of benzene rings is 1. The molecule has 0 radical (unpaired) electrons. The fourth-order valence-corrected chi connectivity index (χ4v) is 3.15. The van der Waals surface area contributed by atoms with E-state index in [9.17, 15) is 22.4 Å². The molecule has 1 aromatic rings. The van der Waals surface area contributed by atoms with Gasteiger partial charge in [0.1, 0.15) is 0 Å². The quantitative estimate of drug-likeness (QED) is 0.520. The van der Waals surface area contributed by atoms with Crippen LogP contribution in [-0.4, -0.2) is 30.1 Å². The van der Waals surface area contributed by atoms with Crippen LogP contribution < -0.4 is 15.5 Å². The normalized spacial score (nSPS) is 19.2. The molecular weight excluding hydrogens is 402 g/mol. The van der Waals surface area contributed by atoms with Crippen molar-refractivity contribution >= 4 is 17.5 Å². The van der Waals surface area contributed by atoms with Gasteiger partial charge in [0.05, 0.1) is 11.6 Å². The Morgan fingerprint density at radius 1 is 1.25 bits per heavy atom. The van der Waals surface area contributed by atoms with Crippen LogP contribution in [0.15, 0.2) is 11.2 Å². The molecule has 0 fully saturated rings. The zero-order valence-corrected chi connectivity index (χ0v) is 16.7. The maximum atomic E-state index is 14.3. The molecule has 2 N–H and O–H groups in total. The Morgan fingerprint density at radius 3 is 2.25 bits per heavy atom. The third-order valence-electron chi connectivity index (χ3n) is 4.30. The van der Waals surface area contributed by atoms with Gasteiger partial charge in [-0.1, -0.05) is 32.4 Å². The zero-order chi connectivity index (χ0) is 21.2. The summed E-state index contributed by atoms with van der Waals surface area (Å²) in [6.07, 6.45) is 1.71. The van der Waals surface area contributed by atoms with Crippen LogP contribution in [0.25, 0.3) is 0 Å². The average Bonchev–Trinajstić information content (AvgIpc) is 2.94. The Kier molecular flexibility index (Phi) is 6.82. The van der Waals surface area contributed by atoms with E-state index in [1.807, 2.05) is 0 Å². The molecule has 1 heterocycles. The highest BCUT2D eigenvalue weighted by atomic mass is 35.5. The molecule has 1 unspecified atom stereocenters. The minimum absolute atomic E-state index is 0.107. The van der Waals surface area contributed by atoms with Gasteiger partial charge in [-0.05, 0) is 12.3 Å². The van der Waals surface area contributed by atoms with Crippen molar-refractivity contribution in [2.75, 3.05) is 13.7 Å². The van der Waals surface area contributed by atoms with Crippen molar-refractivity contribution in [1.82, 2.24) is 15.8 Å². The summed E-state index contributed by atoms with van der Waals surface area (Å²) in [5, 5.41) is 3.92. The van der Waals surface area contributed by atoms with Gasteiger partial charge in [-0.3, -0.25) is 4.79 Å². The van der Waals surface area contributed by atoms with E-state index >= 15 is 0 Å². The van der Waals surface area contributed by atoms with Gasteiger partial charge in [0, 0.05) is 25.4 Å². The molecule has 28 heavy (non-hydrogen) atoms. The molecule has 1 aromatic carbocycles. The van der Waals surface area contributed by atoms with E-state index in [-0.39, 0.29) is 24.0 Å². The van der Waals surface area contributed by atoms with Gasteiger partial charge in [0.2, 0.25) is 17.5 Å². The van der Waals surface area contributed by atoms with Crippen LogP contribution in [0.5, 0.6) is 5.75 Å². The van der Waals surface area contributed by atoms with Gasteiger partial charge in [0.25, 0.3) is 0 Å². The van der Waals surface area contributed by atoms with Crippen molar-refractivity contribution in [3.05, 3.63) is 40.1 Å². The van der Waals surface area contributed by atoms with Crippen LogP contribution in [0.1, 0.15) is 32.8 Å². The Labute approximate surface area is 165 Å². The summed E-state index contributed by atoms with van der Waals surface area (Å²) in [6.45, 7) is 4.22. The van der Waals surface area contributed by atoms with Crippen molar-refractivity contribution in [3.8, 4) is 5.75 Å². The monoisotopic (exact) mass is 423 g/mol. The fourth-order valence-electron chi connectivity index (χ4n) is 2.74. The molecule has 1 aliphatic rings. The predicted octanol–water partition coefficient (Wildman–Crippen LogP) is 3.57. The number of rotatable bonds is 7. The summed E-state index contributed by atoms with van der Waals surface area (Å²) in [5.41, 5.74) is 0.553. The van der Waals surface area contributed by atoms with Gasteiger partial charge < -0.3 is 15.1 Å². The predicted molar refractivity (Wildman–Crippen MR) is 96.3 cm³/mol. The maximum absolute atomic E-state index is 14.3. The van der Waals surface area contributed by atoms with Crippen molar-refractivity contribution in [3.63, 3.8) is 0 Å². The lowest BCUT2D eigenvalue weighted by Gasteiger charge is -2.29. The van der Waals surface area contributed by atoms with Gasteiger partial charge in [-0.25, -0.2) is 14.2 Å². The molecule has 10 heteroatoms. The smallest absolute Gasteiger partial charge is 0.247 e. The van der Waals surface area contributed by atoms with Crippen LogP contribution in [0.2, 0.25) is 0 Å². The van der Waals surface area contributed by atoms with Crippen molar-refractivity contribution < 1.29 is 27.1 Å². The first-order valence-corrected chi connectivity index (χ1v) is 9.07. The number of hydrogen-bond acceptors (Lipinski definition) is 4. The minimum Gasteiger partial charge on any atom is -0.487 e. The molecule has 5 nitrogen and oxygen atoms in total. The first-order chi connectivity index (χ1) is 13.0. The van der Waals surface area contributed by atoms with Crippen molar-refractivity contribution in [2.45, 2.75) is 39.3 Å². The summed E-state index contributed by atoms with van der Waals surface area (Å²) in [4.78, 5) is 12.6. The van der Waals surface area contributed by atoms with Crippen LogP contribution >= 0.6 is 11.6 Å². The average molecular weight is 424 g/mol. The van der Waals surface area contributed by atoms with E-state index < -0.39 is 52.6 Å². The minimum atomic E-state index is -1.65. The lowest BCUT2D eigenvalue weighted by atomic mass is 9.96.